The van der Waals surface area contributed by atoms with E-state index in [1.54, 1.807) is 54.7 Å². The number of hydrogen-bond acceptors (Lipinski definition) is 7. The molecule has 4 aromatic rings. The minimum Gasteiger partial charge on any atom is -0.394 e. The fourth-order valence-electron chi connectivity index (χ4n) is 4.16. The number of aromatic amines is 1. The molecule has 4 N–H and O–H groups in total. The number of fused-ring (bicyclic) bond motifs is 1. The van der Waals surface area contributed by atoms with Crippen LogP contribution in [0.2, 0.25) is 0 Å². The second-order valence-corrected chi connectivity index (χ2v) is 8.43. The molecule has 2 atom stereocenters. The summed E-state index contributed by atoms with van der Waals surface area (Å²) in [6.45, 7) is 0.455. The molecule has 3 heterocycles. The van der Waals surface area contributed by atoms with Crippen molar-refractivity contribution < 1.29 is 19.4 Å². The molecule has 2 aromatic heterocycles. The Morgan fingerprint density at radius 3 is 2.54 bits per heavy atom. The highest BCUT2D eigenvalue weighted by molar-refractivity contribution is 6.18. The van der Waals surface area contributed by atoms with Crippen molar-refractivity contribution >= 4 is 34.2 Å². The molecule has 1 amide bonds. The molecule has 9 heteroatoms. The first kappa shape index (κ1) is 22.7. The highest BCUT2D eigenvalue weighted by Gasteiger charge is 2.24. The first-order chi connectivity index (χ1) is 17.1. The molecule has 1 saturated heterocycles. The zero-order chi connectivity index (χ0) is 24.2. The molecule has 0 saturated carbocycles. The van der Waals surface area contributed by atoms with Crippen molar-refractivity contribution in [3.05, 3.63) is 83.8 Å². The first-order valence-corrected chi connectivity index (χ1v) is 11.4. The number of nitrogens with one attached hydrogen (secondary N) is 3. The number of nitrogens with zero attached hydrogens (tertiary/aromatic N) is 2. The van der Waals surface area contributed by atoms with Crippen LogP contribution in [0.15, 0.2) is 67.1 Å². The maximum absolute atomic E-state index is 13.4. The lowest BCUT2D eigenvalue weighted by Gasteiger charge is -2.29. The van der Waals surface area contributed by atoms with Gasteiger partial charge in [-0.3, -0.25) is 9.59 Å². The van der Waals surface area contributed by atoms with Crippen molar-refractivity contribution in [2.75, 3.05) is 23.8 Å². The molecule has 35 heavy (non-hydrogen) atoms. The average Bonchev–Trinajstić information content (AvgIpc) is 3.35. The Bertz CT molecular complexity index is 1330. The number of ketones is 1. The summed E-state index contributed by atoms with van der Waals surface area (Å²) in [5.74, 6) is 0.156. The zero-order valence-corrected chi connectivity index (χ0v) is 18.9. The molecule has 1 fully saturated rings. The largest absolute Gasteiger partial charge is 0.394 e. The molecule has 0 unspecified atom stereocenters. The van der Waals surface area contributed by atoms with Gasteiger partial charge in [0.2, 0.25) is 0 Å². The molecule has 9 nitrogen and oxygen atoms in total. The quantitative estimate of drug-likeness (QED) is 0.304. The smallest absolute Gasteiger partial charge is 0.255 e. The van der Waals surface area contributed by atoms with Gasteiger partial charge in [-0.05, 0) is 49.2 Å². The van der Waals surface area contributed by atoms with E-state index in [9.17, 15) is 14.7 Å². The summed E-state index contributed by atoms with van der Waals surface area (Å²) in [5.41, 5.74) is 2.64. The number of amides is 1. The average molecular weight is 472 g/mol. The minimum atomic E-state index is -0.217. The van der Waals surface area contributed by atoms with E-state index in [4.69, 9.17) is 4.74 Å². The van der Waals surface area contributed by atoms with Crippen molar-refractivity contribution in [3.8, 4) is 0 Å². The minimum absolute atomic E-state index is 0.00958. The predicted octanol–water partition coefficient (Wildman–Crippen LogP) is 3.39. The summed E-state index contributed by atoms with van der Waals surface area (Å²) < 4.78 is 5.66. The van der Waals surface area contributed by atoms with E-state index in [0.717, 1.165) is 12.8 Å². The Morgan fingerprint density at radius 2 is 1.83 bits per heavy atom. The van der Waals surface area contributed by atoms with Crippen molar-refractivity contribution in [2.24, 2.45) is 0 Å². The van der Waals surface area contributed by atoms with Gasteiger partial charge in [0.05, 0.1) is 36.3 Å². The van der Waals surface area contributed by atoms with E-state index < -0.39 is 0 Å². The fourth-order valence-corrected chi connectivity index (χ4v) is 4.16. The second kappa shape index (κ2) is 10.0. The van der Waals surface area contributed by atoms with Gasteiger partial charge in [-0.1, -0.05) is 18.2 Å². The maximum atomic E-state index is 13.4. The number of benzene rings is 2. The lowest BCUT2D eigenvalue weighted by Crippen LogP contribution is -2.36. The van der Waals surface area contributed by atoms with Gasteiger partial charge in [-0.2, -0.15) is 0 Å². The van der Waals surface area contributed by atoms with E-state index in [1.807, 2.05) is 6.07 Å². The SMILES string of the molecule is O=C(Nc1ccc(C(=O)c2c[nH]c3ncnc(N[C@@H]4CC[C@@H](CO)OC4)c23)cc1)c1ccccc1. The number of rotatable bonds is 7. The third-order valence-electron chi connectivity index (χ3n) is 6.07. The van der Waals surface area contributed by atoms with E-state index in [1.165, 1.54) is 6.33 Å². The lowest BCUT2D eigenvalue weighted by molar-refractivity contribution is -0.0224. The van der Waals surface area contributed by atoms with Crippen LogP contribution in [0.25, 0.3) is 11.0 Å². The number of ether oxygens (including phenoxy) is 1. The van der Waals surface area contributed by atoms with E-state index in [0.29, 0.717) is 45.8 Å². The van der Waals surface area contributed by atoms with Crippen molar-refractivity contribution in [1.29, 1.82) is 0 Å². The summed E-state index contributed by atoms with van der Waals surface area (Å²) in [5, 5.41) is 16.1. The van der Waals surface area contributed by atoms with E-state index >= 15 is 0 Å². The van der Waals surface area contributed by atoms with E-state index in [2.05, 4.69) is 25.6 Å². The molecule has 1 aliphatic rings. The summed E-state index contributed by atoms with van der Waals surface area (Å²) in [6.07, 6.45) is 4.51. The Labute approximate surface area is 201 Å². The van der Waals surface area contributed by atoms with Crippen LogP contribution in [0.4, 0.5) is 11.5 Å². The van der Waals surface area contributed by atoms with Crippen LogP contribution >= 0.6 is 0 Å². The van der Waals surface area contributed by atoms with Gasteiger partial charge in [0.25, 0.3) is 5.91 Å². The van der Waals surface area contributed by atoms with Crippen LogP contribution in [-0.2, 0) is 4.74 Å². The number of aromatic nitrogens is 3. The van der Waals surface area contributed by atoms with Crippen LogP contribution in [0.5, 0.6) is 0 Å². The number of anilines is 2. The van der Waals surface area contributed by atoms with Gasteiger partial charge in [-0.15, -0.1) is 0 Å². The second-order valence-electron chi connectivity index (χ2n) is 8.43. The Kier molecular flexibility index (Phi) is 6.51. The highest BCUT2D eigenvalue weighted by Crippen LogP contribution is 2.28. The standard InChI is InChI=1S/C26H25N5O4/c32-13-20-11-10-19(14-35-20)30-25-22-21(12-27-24(22)28-15-29-25)23(33)16-6-8-18(9-7-16)31-26(34)17-4-2-1-3-5-17/h1-9,12,15,19-20,32H,10-11,13-14H2,(H,31,34)(H2,27,28,29,30)/t19-,20+/m1/s1. The maximum Gasteiger partial charge on any atom is 0.255 e. The third-order valence-corrected chi connectivity index (χ3v) is 6.07. The van der Waals surface area contributed by atoms with Gasteiger partial charge in [0.15, 0.2) is 5.78 Å². The predicted molar refractivity (Wildman–Crippen MR) is 132 cm³/mol. The molecule has 1 aliphatic heterocycles. The van der Waals surface area contributed by atoms with Crippen molar-refractivity contribution in [1.82, 2.24) is 15.0 Å². The number of carbonyl (C=O) groups is 2. The number of carbonyl (C=O) groups excluding carboxylic acids is 2. The van der Waals surface area contributed by atoms with E-state index in [-0.39, 0.29) is 30.4 Å². The van der Waals surface area contributed by atoms with Crippen LogP contribution in [-0.4, -0.2) is 57.1 Å². The molecular formula is C26H25N5O4. The van der Waals surface area contributed by atoms with Gasteiger partial charge >= 0.3 is 0 Å². The molecule has 178 valence electrons. The topological polar surface area (TPSA) is 129 Å². The van der Waals surface area contributed by atoms with Crippen LogP contribution in [0.1, 0.15) is 39.1 Å². The van der Waals surface area contributed by atoms with Crippen LogP contribution < -0.4 is 10.6 Å². The number of aliphatic hydroxyl groups excluding tert-OH is 1. The molecule has 0 bridgehead atoms. The number of H-pyrrole nitrogens is 1. The van der Waals surface area contributed by atoms with Gasteiger partial charge < -0.3 is 25.5 Å². The molecular weight excluding hydrogens is 446 g/mol. The van der Waals surface area contributed by atoms with Gasteiger partial charge in [0.1, 0.15) is 17.8 Å². The summed E-state index contributed by atoms with van der Waals surface area (Å²) >= 11 is 0. The number of aliphatic hydroxyl groups is 1. The monoisotopic (exact) mass is 471 g/mol. The fraction of sp³-hybridized carbons (Fsp3) is 0.231. The zero-order valence-electron chi connectivity index (χ0n) is 18.9. The normalized spacial score (nSPS) is 17.7. The molecule has 2 aromatic carbocycles. The van der Waals surface area contributed by atoms with Crippen LogP contribution in [0.3, 0.4) is 0 Å². The van der Waals surface area contributed by atoms with Gasteiger partial charge in [-0.25, -0.2) is 9.97 Å². The molecule has 0 spiro atoms. The molecule has 0 radical (unpaired) electrons. The van der Waals surface area contributed by atoms with Crippen molar-refractivity contribution in [3.63, 3.8) is 0 Å². The van der Waals surface area contributed by atoms with Gasteiger partial charge in [0, 0.05) is 23.0 Å². The Balaban J connectivity index is 1.34. The summed E-state index contributed by atoms with van der Waals surface area (Å²) in [7, 11) is 0. The van der Waals surface area contributed by atoms with Crippen molar-refractivity contribution in [2.45, 2.75) is 25.0 Å². The third kappa shape index (κ3) is 4.91. The number of hydrogen-bond donors (Lipinski definition) is 4. The Hall–Kier alpha value is -4.08. The first-order valence-electron chi connectivity index (χ1n) is 11.4. The molecule has 5 rings (SSSR count). The highest BCUT2D eigenvalue weighted by atomic mass is 16.5. The lowest BCUT2D eigenvalue weighted by atomic mass is 10.0. The Morgan fingerprint density at radius 1 is 1.03 bits per heavy atom. The van der Waals surface area contributed by atoms with Crippen LogP contribution in [0, 0.1) is 0 Å². The summed E-state index contributed by atoms with van der Waals surface area (Å²) in [4.78, 5) is 37.4. The summed E-state index contributed by atoms with van der Waals surface area (Å²) in [6, 6.07) is 15.7. The molecule has 0 aliphatic carbocycles.